The lowest BCUT2D eigenvalue weighted by atomic mass is 10.1. The lowest BCUT2D eigenvalue weighted by Gasteiger charge is -2.34. The van der Waals surface area contributed by atoms with Gasteiger partial charge in [-0.05, 0) is 12.0 Å². The quantitative estimate of drug-likeness (QED) is 0.534. The Hall–Kier alpha value is -4.41. The number of rotatable bonds is 6. The van der Waals surface area contributed by atoms with Gasteiger partial charge in [-0.15, -0.1) is 0 Å². The first-order chi connectivity index (χ1) is 18.2. The van der Waals surface area contributed by atoms with Crippen molar-refractivity contribution in [3.63, 3.8) is 0 Å². The zero-order valence-corrected chi connectivity index (χ0v) is 20.0. The van der Waals surface area contributed by atoms with E-state index in [4.69, 9.17) is 4.74 Å². The molecule has 2 aliphatic rings. The minimum Gasteiger partial charge on any atom is -0.483 e. The summed E-state index contributed by atoms with van der Waals surface area (Å²) in [6, 6.07) is 9.44. The molecule has 38 heavy (non-hydrogen) atoms. The molecule has 1 fully saturated rings. The molecule has 0 radical (unpaired) electrons. The van der Waals surface area contributed by atoms with E-state index in [0.29, 0.717) is 24.1 Å². The minimum absolute atomic E-state index is 0.0657. The zero-order valence-electron chi connectivity index (χ0n) is 20.0. The summed E-state index contributed by atoms with van der Waals surface area (Å²) in [6.07, 6.45) is 1.81. The summed E-state index contributed by atoms with van der Waals surface area (Å²) in [5.74, 6) is -5.49. The van der Waals surface area contributed by atoms with Crippen LogP contribution in [0.25, 0.3) is 0 Å². The highest BCUT2D eigenvalue weighted by atomic mass is 19.1. The van der Waals surface area contributed by atoms with Crippen LogP contribution in [0.1, 0.15) is 50.9 Å². The highest BCUT2D eigenvalue weighted by molar-refractivity contribution is 6.01. The van der Waals surface area contributed by atoms with E-state index in [-0.39, 0.29) is 43.3 Å². The summed E-state index contributed by atoms with van der Waals surface area (Å²) in [4.78, 5) is 53.4. The van der Waals surface area contributed by atoms with Gasteiger partial charge in [-0.1, -0.05) is 30.3 Å². The van der Waals surface area contributed by atoms with E-state index < -0.39 is 58.4 Å². The fourth-order valence-electron chi connectivity index (χ4n) is 4.70. The molecule has 2 bridgehead atoms. The molecule has 11 heteroatoms. The fraction of sp³-hybridized carbons (Fsp3) is 0.259. The van der Waals surface area contributed by atoms with Gasteiger partial charge in [0.05, 0.1) is 12.6 Å². The van der Waals surface area contributed by atoms with Crippen molar-refractivity contribution in [3.8, 4) is 5.75 Å². The first-order valence-electron chi connectivity index (χ1n) is 11.9. The lowest BCUT2D eigenvalue weighted by molar-refractivity contribution is -0.119. The third-order valence-electron chi connectivity index (χ3n) is 6.63. The van der Waals surface area contributed by atoms with Gasteiger partial charge in [0, 0.05) is 43.4 Å². The molecule has 2 aromatic carbocycles. The molecule has 2 aliphatic heterocycles. The van der Waals surface area contributed by atoms with E-state index in [9.17, 15) is 32.3 Å². The Labute approximate surface area is 214 Å². The van der Waals surface area contributed by atoms with Crippen LogP contribution in [0, 0.1) is 17.5 Å². The molecule has 3 heterocycles. The first-order valence-corrected chi connectivity index (χ1v) is 11.9. The third kappa shape index (κ3) is 4.79. The van der Waals surface area contributed by atoms with Gasteiger partial charge in [0.15, 0.2) is 17.2 Å². The van der Waals surface area contributed by atoms with Crippen molar-refractivity contribution in [2.75, 3.05) is 13.1 Å². The minimum atomic E-state index is -1.19. The number of pyridine rings is 1. The smallest absolute Gasteiger partial charge is 0.274 e. The second-order valence-electron chi connectivity index (χ2n) is 9.18. The van der Waals surface area contributed by atoms with Crippen LogP contribution in [0.3, 0.4) is 0 Å². The Morgan fingerprint density at radius 1 is 1.05 bits per heavy atom. The van der Waals surface area contributed by atoms with Crippen molar-refractivity contribution in [1.29, 1.82) is 0 Å². The summed E-state index contributed by atoms with van der Waals surface area (Å²) < 4.78 is 48.7. The molecule has 0 saturated carbocycles. The van der Waals surface area contributed by atoms with E-state index in [1.54, 1.807) is 30.3 Å². The number of carbonyl (C=O) groups excluding carboxylic acids is 3. The van der Waals surface area contributed by atoms with Gasteiger partial charge in [0.1, 0.15) is 29.6 Å². The number of nitrogens with zero attached hydrogens (tertiary/aromatic N) is 2. The number of amides is 2. The second-order valence-corrected chi connectivity index (χ2v) is 9.18. The maximum atomic E-state index is 14.1. The number of aromatic nitrogens is 1. The van der Waals surface area contributed by atoms with Crippen LogP contribution in [0.2, 0.25) is 0 Å². The molecule has 5 rings (SSSR count). The highest BCUT2D eigenvalue weighted by Gasteiger charge is 2.38. The van der Waals surface area contributed by atoms with Gasteiger partial charge in [-0.3, -0.25) is 19.2 Å². The number of ketones is 1. The molecule has 0 unspecified atom stereocenters. The number of fused-ring (bicyclic) bond motifs is 4. The average Bonchev–Trinajstić information content (AvgIpc) is 3.06. The highest BCUT2D eigenvalue weighted by Crippen LogP contribution is 2.32. The Kier molecular flexibility index (Phi) is 6.75. The molecule has 1 saturated heterocycles. The van der Waals surface area contributed by atoms with Crippen molar-refractivity contribution in [1.82, 2.24) is 14.8 Å². The molecule has 8 nitrogen and oxygen atoms in total. The molecule has 2 amide bonds. The van der Waals surface area contributed by atoms with E-state index >= 15 is 0 Å². The van der Waals surface area contributed by atoms with Gasteiger partial charge in [-0.25, -0.2) is 13.2 Å². The van der Waals surface area contributed by atoms with Gasteiger partial charge in [-0.2, -0.15) is 0 Å². The Bertz CT molecular complexity index is 1480. The number of benzene rings is 2. The number of hydrogen-bond donors (Lipinski definition) is 1. The van der Waals surface area contributed by atoms with E-state index in [2.05, 4.69) is 5.32 Å². The van der Waals surface area contributed by atoms with Gasteiger partial charge in [0.25, 0.3) is 11.8 Å². The molecule has 1 atom stereocenters. The van der Waals surface area contributed by atoms with Crippen molar-refractivity contribution in [2.45, 2.75) is 32.0 Å². The molecular weight excluding hydrogens is 503 g/mol. The van der Waals surface area contributed by atoms with Crippen molar-refractivity contribution >= 4 is 17.6 Å². The molecule has 0 spiro atoms. The predicted molar refractivity (Wildman–Crippen MR) is 128 cm³/mol. The maximum Gasteiger partial charge on any atom is 0.274 e. The number of hydrogen-bond acceptors (Lipinski definition) is 5. The summed E-state index contributed by atoms with van der Waals surface area (Å²) >= 11 is 0. The van der Waals surface area contributed by atoms with Crippen LogP contribution in [0.4, 0.5) is 13.2 Å². The second kappa shape index (κ2) is 10.2. The standard InChI is InChI=1S/C27H22F3N3O5/c28-16-8-21(29)19(22(30)9-16)10-31-26(36)20-13-33-17-6-7-18(34)12-32(11-17)27(37)23(33)25(24(20)35)38-14-15-4-2-1-3-5-15/h1-5,8-9,13,17H,6-7,10-12,14H2,(H,31,36)/t17-/m0/s1. The van der Waals surface area contributed by atoms with Crippen LogP contribution in [-0.2, 0) is 17.9 Å². The Morgan fingerprint density at radius 2 is 1.76 bits per heavy atom. The van der Waals surface area contributed by atoms with E-state index in [1.807, 2.05) is 0 Å². The zero-order chi connectivity index (χ0) is 27.0. The summed E-state index contributed by atoms with van der Waals surface area (Å²) in [7, 11) is 0. The lowest BCUT2D eigenvalue weighted by Crippen LogP contribution is -2.45. The predicted octanol–water partition coefficient (Wildman–Crippen LogP) is 3.13. The van der Waals surface area contributed by atoms with Crippen LogP contribution >= 0.6 is 0 Å². The fourth-order valence-corrected chi connectivity index (χ4v) is 4.70. The molecule has 3 aromatic rings. The average molecular weight is 525 g/mol. The van der Waals surface area contributed by atoms with E-state index in [1.165, 1.54) is 15.7 Å². The van der Waals surface area contributed by atoms with Crippen LogP contribution in [0.5, 0.6) is 5.75 Å². The van der Waals surface area contributed by atoms with E-state index in [0.717, 1.165) is 0 Å². The molecule has 196 valence electrons. The largest absolute Gasteiger partial charge is 0.483 e. The van der Waals surface area contributed by atoms with Crippen molar-refractivity contribution in [2.24, 2.45) is 0 Å². The summed E-state index contributed by atoms with van der Waals surface area (Å²) in [6.45, 7) is -0.593. The molecular formula is C27H22F3N3O5. The normalized spacial score (nSPS) is 16.6. The van der Waals surface area contributed by atoms with Crippen LogP contribution in [-0.4, -0.2) is 40.2 Å². The monoisotopic (exact) mass is 525 g/mol. The molecule has 1 aromatic heterocycles. The number of nitrogens with one attached hydrogen (secondary N) is 1. The van der Waals surface area contributed by atoms with Crippen LogP contribution in [0.15, 0.2) is 53.5 Å². The van der Waals surface area contributed by atoms with Crippen molar-refractivity contribution < 1.29 is 32.3 Å². The maximum absolute atomic E-state index is 14.1. The number of halogens is 3. The number of carbonyl (C=O) groups is 3. The summed E-state index contributed by atoms with van der Waals surface area (Å²) in [5.41, 5.74) is -1.23. The van der Waals surface area contributed by atoms with Gasteiger partial charge < -0.3 is 19.5 Å². The first kappa shape index (κ1) is 25.2. The summed E-state index contributed by atoms with van der Waals surface area (Å²) in [5, 5.41) is 2.29. The topological polar surface area (TPSA) is 97.7 Å². The molecule has 0 aliphatic carbocycles. The number of Topliss-reactive ketones (excluding diaryl/α,β-unsaturated/α-hetero) is 1. The van der Waals surface area contributed by atoms with Gasteiger partial charge >= 0.3 is 0 Å². The Morgan fingerprint density at radius 3 is 2.47 bits per heavy atom. The number of ether oxygens (including phenoxy) is 1. The van der Waals surface area contributed by atoms with Gasteiger partial charge in [0.2, 0.25) is 5.43 Å². The SMILES string of the molecule is O=C1CC[C@H]2CN(C1)C(=O)c1c(OCc3ccccc3)c(=O)c(C(=O)NCc3c(F)cc(F)cc3F)cn12. The van der Waals surface area contributed by atoms with Crippen molar-refractivity contribution in [3.05, 3.63) is 98.7 Å². The third-order valence-corrected chi connectivity index (χ3v) is 6.63. The molecule has 1 N–H and O–H groups in total. The Balaban J connectivity index is 1.54. The van der Waals surface area contributed by atoms with Crippen LogP contribution < -0.4 is 15.5 Å².